The summed E-state index contributed by atoms with van der Waals surface area (Å²) in [6.07, 6.45) is 3.51. The lowest BCUT2D eigenvalue weighted by Crippen LogP contribution is -2.56. The van der Waals surface area contributed by atoms with Crippen LogP contribution in [0.2, 0.25) is 0 Å². The number of aromatic nitrogens is 1. The number of aryl methyl sites for hydroxylation is 1. The summed E-state index contributed by atoms with van der Waals surface area (Å²) in [5.41, 5.74) is 0.481. The summed E-state index contributed by atoms with van der Waals surface area (Å²) in [7, 11) is 0. The number of nitrogens with one attached hydrogen (secondary N) is 2. The fraction of sp³-hybridized carbons (Fsp3) is 0.615. The van der Waals surface area contributed by atoms with Crippen molar-refractivity contribution in [2.75, 3.05) is 0 Å². The molecule has 2 amide bonds. The fourth-order valence-electron chi connectivity index (χ4n) is 2.60. The van der Waals surface area contributed by atoms with E-state index in [0.29, 0.717) is 18.0 Å². The Morgan fingerprint density at radius 2 is 2.26 bits per heavy atom. The average molecular weight is 279 g/mol. The third-order valence-corrected chi connectivity index (χ3v) is 4.44. The maximum absolute atomic E-state index is 12.1. The van der Waals surface area contributed by atoms with E-state index in [2.05, 4.69) is 15.0 Å². The lowest BCUT2D eigenvalue weighted by atomic mass is 9.94. The Balaban J connectivity index is 1.67. The SMILES string of the molecule is Cc1cc(C(=O)NC2CCC(=O)NC2C2CC2)ns1. The van der Waals surface area contributed by atoms with Gasteiger partial charge in [0.2, 0.25) is 5.91 Å². The minimum Gasteiger partial charge on any atom is -0.351 e. The molecule has 2 unspecified atom stereocenters. The first-order chi connectivity index (χ1) is 9.13. The summed E-state index contributed by atoms with van der Waals surface area (Å²) in [6, 6.07) is 1.94. The Hall–Kier alpha value is -1.43. The third kappa shape index (κ3) is 2.78. The van der Waals surface area contributed by atoms with Gasteiger partial charge in [-0.05, 0) is 49.7 Å². The molecule has 6 heteroatoms. The van der Waals surface area contributed by atoms with Gasteiger partial charge in [0.05, 0.1) is 12.1 Å². The Kier molecular flexibility index (Phi) is 3.26. The van der Waals surface area contributed by atoms with E-state index >= 15 is 0 Å². The highest BCUT2D eigenvalue weighted by Crippen LogP contribution is 2.36. The van der Waals surface area contributed by atoms with Gasteiger partial charge in [-0.2, -0.15) is 4.37 Å². The van der Waals surface area contributed by atoms with Crippen molar-refractivity contribution in [3.63, 3.8) is 0 Å². The second-order valence-corrected chi connectivity index (χ2v) is 6.38. The number of rotatable bonds is 3. The van der Waals surface area contributed by atoms with E-state index in [1.54, 1.807) is 6.07 Å². The van der Waals surface area contributed by atoms with Crippen LogP contribution < -0.4 is 10.6 Å². The normalized spacial score (nSPS) is 26.9. The topological polar surface area (TPSA) is 71.1 Å². The van der Waals surface area contributed by atoms with Gasteiger partial charge in [0.25, 0.3) is 5.91 Å². The maximum atomic E-state index is 12.1. The molecule has 1 aliphatic carbocycles. The fourth-order valence-corrected chi connectivity index (χ4v) is 3.15. The lowest BCUT2D eigenvalue weighted by Gasteiger charge is -2.32. The molecule has 1 saturated heterocycles. The van der Waals surface area contributed by atoms with Crippen molar-refractivity contribution in [2.45, 2.75) is 44.7 Å². The van der Waals surface area contributed by atoms with E-state index in [0.717, 1.165) is 24.1 Å². The highest BCUT2D eigenvalue weighted by Gasteiger charge is 2.40. The maximum Gasteiger partial charge on any atom is 0.271 e. The van der Waals surface area contributed by atoms with Crippen LogP contribution in [0.15, 0.2) is 6.07 Å². The van der Waals surface area contributed by atoms with Crippen molar-refractivity contribution in [1.82, 2.24) is 15.0 Å². The van der Waals surface area contributed by atoms with Crippen LogP contribution in [0.3, 0.4) is 0 Å². The molecular weight excluding hydrogens is 262 g/mol. The van der Waals surface area contributed by atoms with Crippen molar-refractivity contribution < 1.29 is 9.59 Å². The molecule has 0 aromatic carbocycles. The molecule has 0 bridgehead atoms. The molecule has 1 saturated carbocycles. The zero-order valence-corrected chi connectivity index (χ0v) is 11.6. The van der Waals surface area contributed by atoms with E-state index in [9.17, 15) is 9.59 Å². The highest BCUT2D eigenvalue weighted by molar-refractivity contribution is 7.05. The van der Waals surface area contributed by atoms with Crippen LogP contribution in [0.25, 0.3) is 0 Å². The Morgan fingerprint density at radius 3 is 2.89 bits per heavy atom. The van der Waals surface area contributed by atoms with Gasteiger partial charge in [-0.1, -0.05) is 0 Å². The predicted octanol–water partition coefficient (Wildman–Crippen LogP) is 1.24. The molecule has 1 aromatic heterocycles. The van der Waals surface area contributed by atoms with Crippen LogP contribution in [0.4, 0.5) is 0 Å². The molecule has 0 radical (unpaired) electrons. The van der Waals surface area contributed by atoms with Gasteiger partial charge in [0, 0.05) is 11.3 Å². The number of nitrogens with zero attached hydrogens (tertiary/aromatic N) is 1. The summed E-state index contributed by atoms with van der Waals surface area (Å²) < 4.78 is 4.12. The second kappa shape index (κ2) is 4.92. The first-order valence-corrected chi connectivity index (χ1v) is 7.44. The summed E-state index contributed by atoms with van der Waals surface area (Å²) in [5.74, 6) is 0.509. The van der Waals surface area contributed by atoms with Crippen LogP contribution in [0.5, 0.6) is 0 Å². The molecule has 5 nitrogen and oxygen atoms in total. The summed E-state index contributed by atoms with van der Waals surface area (Å²) in [4.78, 5) is 24.6. The molecule has 102 valence electrons. The van der Waals surface area contributed by atoms with Crippen molar-refractivity contribution in [1.29, 1.82) is 0 Å². The minimum absolute atomic E-state index is 0.0414. The number of hydrogen-bond acceptors (Lipinski definition) is 4. The quantitative estimate of drug-likeness (QED) is 0.874. The largest absolute Gasteiger partial charge is 0.351 e. The van der Waals surface area contributed by atoms with Crippen molar-refractivity contribution in [3.05, 3.63) is 16.6 Å². The Morgan fingerprint density at radius 1 is 1.47 bits per heavy atom. The van der Waals surface area contributed by atoms with Crippen LogP contribution >= 0.6 is 11.5 Å². The molecule has 19 heavy (non-hydrogen) atoms. The second-order valence-electron chi connectivity index (χ2n) is 5.37. The molecule has 2 heterocycles. The Labute approximate surface area is 115 Å². The third-order valence-electron chi connectivity index (χ3n) is 3.75. The molecule has 1 aromatic rings. The Bertz CT molecular complexity index is 510. The van der Waals surface area contributed by atoms with Crippen molar-refractivity contribution in [2.24, 2.45) is 5.92 Å². The number of hydrogen-bond donors (Lipinski definition) is 2. The summed E-state index contributed by atoms with van der Waals surface area (Å²) >= 11 is 1.33. The predicted molar refractivity (Wildman–Crippen MR) is 72.0 cm³/mol. The van der Waals surface area contributed by atoms with E-state index in [4.69, 9.17) is 0 Å². The first kappa shape index (κ1) is 12.6. The molecule has 2 fully saturated rings. The van der Waals surface area contributed by atoms with Crippen molar-refractivity contribution in [3.8, 4) is 0 Å². The van der Waals surface area contributed by atoms with E-state index in [-0.39, 0.29) is 23.9 Å². The molecule has 0 spiro atoms. The van der Waals surface area contributed by atoms with Crippen LogP contribution in [0, 0.1) is 12.8 Å². The van der Waals surface area contributed by atoms with Crippen LogP contribution in [-0.2, 0) is 4.79 Å². The van der Waals surface area contributed by atoms with Crippen molar-refractivity contribution >= 4 is 23.3 Å². The first-order valence-electron chi connectivity index (χ1n) is 6.67. The molecule has 2 atom stereocenters. The van der Waals surface area contributed by atoms with Crippen LogP contribution in [0.1, 0.15) is 41.0 Å². The molecule has 2 N–H and O–H groups in total. The highest BCUT2D eigenvalue weighted by atomic mass is 32.1. The molecule has 3 rings (SSSR count). The molecular formula is C13H17N3O2S. The zero-order chi connectivity index (χ0) is 13.4. The summed E-state index contributed by atoms with van der Waals surface area (Å²) in [6.45, 7) is 1.93. The van der Waals surface area contributed by atoms with Gasteiger partial charge in [0.15, 0.2) is 0 Å². The standard InChI is InChI=1S/C13H17N3O2S/c1-7-6-10(16-19-7)13(18)14-9-4-5-11(17)15-12(9)8-2-3-8/h6,8-9,12H,2-5H2,1H3,(H,14,18)(H,15,17). The monoisotopic (exact) mass is 279 g/mol. The van der Waals surface area contributed by atoms with Gasteiger partial charge in [0.1, 0.15) is 5.69 Å². The summed E-state index contributed by atoms with van der Waals surface area (Å²) in [5, 5.41) is 6.05. The van der Waals surface area contributed by atoms with Gasteiger partial charge in [-0.3, -0.25) is 9.59 Å². The van der Waals surface area contributed by atoms with Gasteiger partial charge < -0.3 is 10.6 Å². The van der Waals surface area contributed by atoms with E-state index in [1.165, 1.54) is 11.5 Å². The van der Waals surface area contributed by atoms with Crippen LogP contribution in [-0.4, -0.2) is 28.3 Å². The van der Waals surface area contributed by atoms with E-state index < -0.39 is 0 Å². The number of amides is 2. The number of piperidine rings is 1. The van der Waals surface area contributed by atoms with E-state index in [1.807, 2.05) is 6.92 Å². The zero-order valence-electron chi connectivity index (χ0n) is 10.8. The van der Waals surface area contributed by atoms with Gasteiger partial charge in [-0.25, -0.2) is 0 Å². The average Bonchev–Trinajstić information content (AvgIpc) is 3.13. The molecule has 1 aliphatic heterocycles. The van der Waals surface area contributed by atoms with Gasteiger partial charge >= 0.3 is 0 Å². The minimum atomic E-state index is -0.129. The smallest absolute Gasteiger partial charge is 0.271 e. The lowest BCUT2D eigenvalue weighted by molar-refractivity contribution is -0.124. The number of carbonyl (C=O) groups is 2. The molecule has 2 aliphatic rings. The number of carbonyl (C=O) groups excluding carboxylic acids is 2. The van der Waals surface area contributed by atoms with Gasteiger partial charge in [-0.15, -0.1) is 0 Å².